The fourth-order valence-corrected chi connectivity index (χ4v) is 2.65. The van der Waals surface area contributed by atoms with E-state index in [-0.39, 0.29) is 17.6 Å². The number of carbonyl (C=O) groups excluding carboxylic acids is 1. The molecule has 2 rings (SSSR count). The summed E-state index contributed by atoms with van der Waals surface area (Å²) in [6.45, 7) is 3.64. The van der Waals surface area contributed by atoms with E-state index in [1.54, 1.807) is 32.4 Å². The van der Waals surface area contributed by atoms with Gasteiger partial charge in [-0.05, 0) is 31.5 Å². The summed E-state index contributed by atoms with van der Waals surface area (Å²) in [5.41, 5.74) is 0.611. The zero-order valence-corrected chi connectivity index (χ0v) is 15.1. The number of hydrogen-bond acceptors (Lipinski definition) is 6. The summed E-state index contributed by atoms with van der Waals surface area (Å²) in [6.07, 6.45) is 2.82. The molecule has 0 aliphatic rings. The Balaban J connectivity index is 2.20. The molecule has 9 nitrogen and oxygen atoms in total. The summed E-state index contributed by atoms with van der Waals surface area (Å²) in [6, 6.07) is 4.33. The van der Waals surface area contributed by atoms with E-state index in [0.29, 0.717) is 17.9 Å². The van der Waals surface area contributed by atoms with Gasteiger partial charge in [0, 0.05) is 5.56 Å². The lowest BCUT2D eigenvalue weighted by atomic mass is 10.1. The highest BCUT2D eigenvalue weighted by molar-refractivity contribution is 5.80. The van der Waals surface area contributed by atoms with Crippen molar-refractivity contribution in [1.82, 2.24) is 15.1 Å². The predicted octanol–water partition coefficient (Wildman–Crippen LogP) is 2.64. The number of carbonyl (C=O) groups is 1. The normalized spacial score (nSPS) is 12.9. The minimum atomic E-state index is -0.650. The van der Waals surface area contributed by atoms with E-state index >= 15 is 0 Å². The molecule has 0 aliphatic heterocycles. The molecule has 0 bridgehead atoms. The molecule has 1 N–H and O–H groups in total. The van der Waals surface area contributed by atoms with E-state index in [1.807, 2.05) is 13.8 Å². The first-order valence-corrected chi connectivity index (χ1v) is 8.12. The Morgan fingerprint density at radius 2 is 2.12 bits per heavy atom. The van der Waals surface area contributed by atoms with Crippen LogP contribution in [0.25, 0.3) is 0 Å². The van der Waals surface area contributed by atoms with Crippen LogP contribution in [0.4, 0.5) is 5.69 Å². The maximum Gasteiger partial charge on any atom is 0.307 e. The number of rotatable bonds is 8. The topological polar surface area (TPSA) is 109 Å². The molecule has 2 atom stereocenters. The fraction of sp³-hybridized carbons (Fsp3) is 0.412. The van der Waals surface area contributed by atoms with Gasteiger partial charge in [0.25, 0.3) is 0 Å². The van der Waals surface area contributed by atoms with Crippen molar-refractivity contribution in [2.45, 2.75) is 32.4 Å². The third kappa shape index (κ3) is 4.11. The number of nitrogens with one attached hydrogen (secondary N) is 1. The number of ether oxygens (including phenoxy) is 2. The van der Waals surface area contributed by atoms with Crippen LogP contribution in [0.2, 0.25) is 0 Å². The molecular weight excluding hydrogens is 340 g/mol. The number of methoxy groups -OCH3 is 2. The Kier molecular flexibility index (Phi) is 6.16. The van der Waals surface area contributed by atoms with E-state index in [1.165, 1.54) is 10.9 Å². The van der Waals surface area contributed by atoms with E-state index in [0.717, 1.165) is 11.8 Å². The van der Waals surface area contributed by atoms with Gasteiger partial charge in [-0.3, -0.25) is 19.6 Å². The van der Waals surface area contributed by atoms with Crippen molar-refractivity contribution in [1.29, 1.82) is 0 Å². The lowest BCUT2D eigenvalue weighted by molar-refractivity contribution is -0.385. The van der Waals surface area contributed by atoms with Crippen LogP contribution in [0, 0.1) is 10.1 Å². The number of amides is 1. The van der Waals surface area contributed by atoms with Crippen LogP contribution in [-0.2, 0) is 4.79 Å². The summed E-state index contributed by atoms with van der Waals surface area (Å²) < 4.78 is 11.9. The number of nitrogens with zero attached hydrogens (tertiary/aromatic N) is 3. The molecule has 1 amide bonds. The van der Waals surface area contributed by atoms with E-state index < -0.39 is 11.0 Å². The molecule has 0 saturated heterocycles. The molecule has 0 spiro atoms. The zero-order chi connectivity index (χ0) is 19.3. The Labute approximate surface area is 151 Å². The maximum absolute atomic E-state index is 12.7. The number of benzene rings is 1. The van der Waals surface area contributed by atoms with Crippen molar-refractivity contribution in [3.8, 4) is 11.5 Å². The average molecular weight is 362 g/mol. The van der Waals surface area contributed by atoms with Gasteiger partial charge in [-0.15, -0.1) is 0 Å². The zero-order valence-electron chi connectivity index (χ0n) is 15.1. The van der Waals surface area contributed by atoms with Gasteiger partial charge in [0.05, 0.1) is 25.2 Å². The Bertz CT molecular complexity index is 789. The smallest absolute Gasteiger partial charge is 0.307 e. The van der Waals surface area contributed by atoms with Crippen LogP contribution in [0.15, 0.2) is 30.6 Å². The lowest BCUT2D eigenvalue weighted by Gasteiger charge is -2.21. The maximum atomic E-state index is 12.7. The lowest BCUT2D eigenvalue weighted by Crippen LogP contribution is -2.34. The Morgan fingerprint density at radius 1 is 1.38 bits per heavy atom. The standard InChI is InChI=1S/C17H22N4O5/c1-5-15(20-10-12(9-18-20)21(23)24)17(22)19-11(2)14-8-13(25-3)6-7-16(14)26-4/h6-11,15H,5H2,1-4H3,(H,19,22). The van der Waals surface area contributed by atoms with Crippen LogP contribution in [-0.4, -0.2) is 34.8 Å². The van der Waals surface area contributed by atoms with Gasteiger partial charge in [0.15, 0.2) is 0 Å². The second-order valence-electron chi connectivity index (χ2n) is 5.70. The first kappa shape index (κ1) is 19.2. The van der Waals surface area contributed by atoms with Gasteiger partial charge in [0.2, 0.25) is 5.91 Å². The first-order valence-electron chi connectivity index (χ1n) is 8.12. The third-order valence-corrected chi connectivity index (χ3v) is 4.07. The highest BCUT2D eigenvalue weighted by atomic mass is 16.6. The summed E-state index contributed by atoms with van der Waals surface area (Å²) >= 11 is 0. The van der Waals surface area contributed by atoms with Crippen LogP contribution in [0.5, 0.6) is 11.5 Å². The van der Waals surface area contributed by atoms with Gasteiger partial charge >= 0.3 is 5.69 Å². The van der Waals surface area contributed by atoms with E-state index in [9.17, 15) is 14.9 Å². The molecule has 140 valence electrons. The van der Waals surface area contributed by atoms with Crippen molar-refractivity contribution >= 4 is 11.6 Å². The van der Waals surface area contributed by atoms with E-state index in [4.69, 9.17) is 9.47 Å². The fourth-order valence-electron chi connectivity index (χ4n) is 2.65. The monoisotopic (exact) mass is 362 g/mol. The molecule has 0 saturated carbocycles. The molecule has 2 aromatic rings. The third-order valence-electron chi connectivity index (χ3n) is 4.07. The summed E-state index contributed by atoms with van der Waals surface area (Å²) in [5.74, 6) is 0.987. The largest absolute Gasteiger partial charge is 0.497 e. The van der Waals surface area contributed by atoms with Crippen molar-refractivity contribution < 1.29 is 19.2 Å². The molecular formula is C17H22N4O5. The summed E-state index contributed by atoms with van der Waals surface area (Å²) in [4.78, 5) is 22.9. The second kappa shape index (κ2) is 8.32. The Hall–Kier alpha value is -3.10. The minimum absolute atomic E-state index is 0.154. The molecule has 1 aromatic carbocycles. The van der Waals surface area contributed by atoms with Crippen LogP contribution < -0.4 is 14.8 Å². The quantitative estimate of drug-likeness (QED) is 0.571. The molecule has 1 heterocycles. The van der Waals surface area contributed by atoms with Gasteiger partial charge in [-0.1, -0.05) is 6.92 Å². The second-order valence-corrected chi connectivity index (χ2v) is 5.70. The van der Waals surface area contributed by atoms with Crippen molar-refractivity contribution in [3.63, 3.8) is 0 Å². The van der Waals surface area contributed by atoms with Crippen molar-refractivity contribution in [2.75, 3.05) is 14.2 Å². The van der Waals surface area contributed by atoms with Crippen LogP contribution >= 0.6 is 0 Å². The minimum Gasteiger partial charge on any atom is -0.497 e. The van der Waals surface area contributed by atoms with E-state index in [2.05, 4.69) is 10.4 Å². The SMILES string of the molecule is CCC(C(=O)NC(C)c1cc(OC)ccc1OC)n1cc([N+](=O)[O-])cn1. The number of aromatic nitrogens is 2. The highest BCUT2D eigenvalue weighted by Gasteiger charge is 2.24. The number of hydrogen-bond donors (Lipinski definition) is 1. The Morgan fingerprint density at radius 3 is 2.65 bits per heavy atom. The van der Waals surface area contributed by atoms with Crippen molar-refractivity contribution in [3.05, 3.63) is 46.3 Å². The molecule has 1 aromatic heterocycles. The molecule has 26 heavy (non-hydrogen) atoms. The molecule has 0 fully saturated rings. The van der Waals surface area contributed by atoms with Crippen LogP contribution in [0.3, 0.4) is 0 Å². The van der Waals surface area contributed by atoms with Crippen molar-refractivity contribution in [2.24, 2.45) is 0 Å². The number of nitro groups is 1. The molecule has 0 radical (unpaired) electrons. The van der Waals surface area contributed by atoms with Gasteiger partial charge in [-0.2, -0.15) is 5.10 Å². The first-order chi connectivity index (χ1) is 12.4. The molecule has 9 heteroatoms. The molecule has 0 aliphatic carbocycles. The highest BCUT2D eigenvalue weighted by Crippen LogP contribution is 2.29. The average Bonchev–Trinajstić information content (AvgIpc) is 3.11. The van der Waals surface area contributed by atoms with Gasteiger partial charge < -0.3 is 14.8 Å². The van der Waals surface area contributed by atoms with Crippen LogP contribution in [0.1, 0.15) is 37.9 Å². The predicted molar refractivity (Wildman–Crippen MR) is 94.3 cm³/mol. The summed E-state index contributed by atoms with van der Waals surface area (Å²) in [7, 11) is 3.12. The van der Waals surface area contributed by atoms with Gasteiger partial charge in [-0.25, -0.2) is 0 Å². The van der Waals surface area contributed by atoms with Gasteiger partial charge in [0.1, 0.15) is 29.9 Å². The summed E-state index contributed by atoms with van der Waals surface area (Å²) in [5, 5.41) is 17.7. The molecule has 2 unspecified atom stereocenters.